The summed E-state index contributed by atoms with van der Waals surface area (Å²) in [7, 11) is 0. The van der Waals surface area contributed by atoms with Gasteiger partial charge >= 0.3 is 0 Å². The molecule has 152 valence electrons. The minimum atomic E-state index is -0.500. The van der Waals surface area contributed by atoms with Crippen molar-refractivity contribution in [2.75, 3.05) is 6.61 Å². The molecule has 0 aliphatic rings. The fraction of sp³-hybridized carbons (Fsp3) is 0.480. The van der Waals surface area contributed by atoms with E-state index in [1.54, 1.807) is 24.3 Å². The number of hydrogen-bond acceptors (Lipinski definition) is 3. The van der Waals surface area contributed by atoms with Gasteiger partial charge in [0.1, 0.15) is 12.4 Å². The maximum atomic E-state index is 12.7. The second kappa shape index (κ2) is 13.1. The molecule has 0 amide bonds. The van der Waals surface area contributed by atoms with Gasteiger partial charge in [0.05, 0.1) is 11.7 Å². The van der Waals surface area contributed by atoms with Crippen LogP contribution in [-0.4, -0.2) is 23.6 Å². The predicted octanol–water partition coefficient (Wildman–Crippen LogP) is 6.19. The van der Waals surface area contributed by atoms with Crippen molar-refractivity contribution in [3.05, 3.63) is 65.7 Å². The highest BCUT2D eigenvalue weighted by molar-refractivity contribution is 6.10. The van der Waals surface area contributed by atoms with E-state index in [0.717, 1.165) is 19.3 Å². The molecule has 0 aromatic heterocycles. The number of ketones is 1. The first-order valence-corrected chi connectivity index (χ1v) is 10.7. The molecule has 28 heavy (non-hydrogen) atoms. The Morgan fingerprint density at radius 3 is 2.18 bits per heavy atom. The van der Waals surface area contributed by atoms with Crippen LogP contribution in [0.2, 0.25) is 0 Å². The minimum absolute atomic E-state index is 0.0613. The molecule has 0 aliphatic carbocycles. The van der Waals surface area contributed by atoms with Gasteiger partial charge in [-0.3, -0.25) is 4.79 Å². The number of rotatable bonds is 14. The normalized spacial score (nSPS) is 11.9. The minimum Gasteiger partial charge on any atom is -0.490 e. The zero-order valence-corrected chi connectivity index (χ0v) is 17.1. The fourth-order valence-corrected chi connectivity index (χ4v) is 3.31. The monoisotopic (exact) mass is 382 g/mol. The molecule has 0 spiro atoms. The van der Waals surface area contributed by atoms with Crippen molar-refractivity contribution in [3.63, 3.8) is 0 Å². The summed E-state index contributed by atoms with van der Waals surface area (Å²) in [6.07, 6.45) is 10.2. The van der Waals surface area contributed by atoms with Crippen LogP contribution in [0, 0.1) is 0 Å². The van der Waals surface area contributed by atoms with Gasteiger partial charge in [-0.15, -0.1) is 0 Å². The quantitative estimate of drug-likeness (QED) is 0.313. The van der Waals surface area contributed by atoms with Gasteiger partial charge < -0.3 is 9.84 Å². The van der Waals surface area contributed by atoms with Crippen molar-refractivity contribution < 1.29 is 14.6 Å². The second-order valence-electron chi connectivity index (χ2n) is 7.42. The average Bonchev–Trinajstić information content (AvgIpc) is 2.74. The first-order chi connectivity index (χ1) is 13.7. The van der Waals surface area contributed by atoms with E-state index in [4.69, 9.17) is 4.74 Å². The summed E-state index contributed by atoms with van der Waals surface area (Å²) in [6, 6.07) is 16.4. The van der Waals surface area contributed by atoms with E-state index in [2.05, 4.69) is 6.92 Å². The molecule has 0 saturated heterocycles. The molecule has 0 fully saturated rings. The smallest absolute Gasteiger partial charge is 0.196 e. The van der Waals surface area contributed by atoms with Gasteiger partial charge in [0.15, 0.2) is 5.78 Å². The molecule has 0 aliphatic heterocycles. The number of aliphatic hydroxyl groups is 1. The molecular formula is C25H34O3. The van der Waals surface area contributed by atoms with Crippen LogP contribution < -0.4 is 4.74 Å². The zero-order valence-electron chi connectivity index (χ0n) is 17.1. The largest absolute Gasteiger partial charge is 0.490 e. The highest BCUT2D eigenvalue weighted by atomic mass is 16.5. The summed E-state index contributed by atoms with van der Waals surface area (Å²) in [5.41, 5.74) is 1.17. The van der Waals surface area contributed by atoms with E-state index >= 15 is 0 Å². The molecule has 2 aromatic carbocycles. The number of para-hydroxylation sites is 1. The third-order valence-electron chi connectivity index (χ3n) is 4.99. The number of hydrogen-bond donors (Lipinski definition) is 1. The molecule has 0 bridgehead atoms. The lowest BCUT2D eigenvalue weighted by atomic mass is 10.0. The van der Waals surface area contributed by atoms with Gasteiger partial charge in [-0.25, -0.2) is 0 Å². The van der Waals surface area contributed by atoms with E-state index in [9.17, 15) is 9.90 Å². The SMILES string of the molecule is CCCCCCCCCCC(O)COc1ccccc1C(=O)c1ccccc1. The molecule has 3 heteroatoms. The lowest BCUT2D eigenvalue weighted by molar-refractivity contribution is 0.0940. The van der Waals surface area contributed by atoms with E-state index in [1.807, 2.05) is 30.3 Å². The van der Waals surface area contributed by atoms with Gasteiger partial charge in [0.25, 0.3) is 0 Å². The summed E-state index contributed by atoms with van der Waals surface area (Å²) < 4.78 is 5.79. The van der Waals surface area contributed by atoms with Gasteiger partial charge in [-0.1, -0.05) is 101 Å². The average molecular weight is 383 g/mol. The van der Waals surface area contributed by atoms with Crippen LogP contribution in [0.25, 0.3) is 0 Å². The van der Waals surface area contributed by atoms with Crippen LogP contribution >= 0.6 is 0 Å². The predicted molar refractivity (Wildman–Crippen MR) is 115 cm³/mol. The number of aliphatic hydroxyl groups excluding tert-OH is 1. The lowest BCUT2D eigenvalue weighted by Crippen LogP contribution is -2.18. The molecule has 1 atom stereocenters. The molecule has 2 aromatic rings. The van der Waals surface area contributed by atoms with Crippen molar-refractivity contribution in [3.8, 4) is 5.75 Å². The fourth-order valence-electron chi connectivity index (χ4n) is 3.31. The summed E-state index contributed by atoms with van der Waals surface area (Å²) >= 11 is 0. The Labute approximate surface area is 169 Å². The standard InChI is InChI=1S/C25H34O3/c1-2-3-4-5-6-7-8-12-17-22(26)20-28-24-19-14-13-18-23(24)25(27)21-15-10-9-11-16-21/h9-11,13-16,18-19,22,26H,2-8,12,17,20H2,1H3. The molecular weight excluding hydrogens is 348 g/mol. The lowest BCUT2D eigenvalue weighted by Gasteiger charge is -2.14. The van der Waals surface area contributed by atoms with Crippen LogP contribution in [0.3, 0.4) is 0 Å². The number of benzene rings is 2. The number of ether oxygens (including phenoxy) is 1. The molecule has 0 saturated carbocycles. The summed E-state index contributed by atoms with van der Waals surface area (Å²) in [5, 5.41) is 10.2. The topological polar surface area (TPSA) is 46.5 Å². The summed E-state index contributed by atoms with van der Waals surface area (Å²) in [4.78, 5) is 12.7. The van der Waals surface area contributed by atoms with Crippen molar-refractivity contribution in [1.82, 2.24) is 0 Å². The van der Waals surface area contributed by atoms with Gasteiger partial charge in [0.2, 0.25) is 0 Å². The van der Waals surface area contributed by atoms with E-state index in [-0.39, 0.29) is 12.4 Å². The third-order valence-corrected chi connectivity index (χ3v) is 4.99. The summed E-state index contributed by atoms with van der Waals surface area (Å²) in [6.45, 7) is 2.45. The Morgan fingerprint density at radius 2 is 1.46 bits per heavy atom. The first kappa shape index (κ1) is 22.2. The Kier molecular flexibility index (Phi) is 10.4. The Bertz CT molecular complexity index is 681. The molecule has 1 unspecified atom stereocenters. The Morgan fingerprint density at radius 1 is 0.857 bits per heavy atom. The van der Waals surface area contributed by atoms with Gasteiger partial charge in [-0.2, -0.15) is 0 Å². The zero-order chi connectivity index (χ0) is 20.0. The maximum Gasteiger partial charge on any atom is 0.196 e. The first-order valence-electron chi connectivity index (χ1n) is 10.7. The van der Waals surface area contributed by atoms with Crippen molar-refractivity contribution in [2.45, 2.75) is 70.8 Å². The number of carbonyl (C=O) groups excluding carboxylic acids is 1. The summed E-state index contributed by atoms with van der Waals surface area (Å²) in [5.74, 6) is 0.472. The highest BCUT2D eigenvalue weighted by Gasteiger charge is 2.15. The van der Waals surface area contributed by atoms with Gasteiger partial charge in [-0.05, 0) is 18.6 Å². The highest BCUT2D eigenvalue weighted by Crippen LogP contribution is 2.22. The molecule has 3 nitrogen and oxygen atoms in total. The van der Waals surface area contributed by atoms with Crippen molar-refractivity contribution >= 4 is 5.78 Å². The van der Waals surface area contributed by atoms with Gasteiger partial charge in [0, 0.05) is 5.56 Å². The molecule has 0 heterocycles. The Hall–Kier alpha value is -2.13. The van der Waals surface area contributed by atoms with E-state index < -0.39 is 6.10 Å². The van der Waals surface area contributed by atoms with E-state index in [0.29, 0.717) is 16.9 Å². The van der Waals surface area contributed by atoms with E-state index in [1.165, 1.54) is 38.5 Å². The van der Waals surface area contributed by atoms with Crippen LogP contribution in [0.4, 0.5) is 0 Å². The van der Waals surface area contributed by atoms with Crippen LogP contribution in [0.1, 0.15) is 80.6 Å². The van der Waals surface area contributed by atoms with Crippen molar-refractivity contribution in [2.24, 2.45) is 0 Å². The molecule has 2 rings (SSSR count). The van der Waals surface area contributed by atoms with Crippen molar-refractivity contribution in [1.29, 1.82) is 0 Å². The maximum absolute atomic E-state index is 12.7. The van der Waals surface area contributed by atoms with Crippen LogP contribution in [-0.2, 0) is 0 Å². The van der Waals surface area contributed by atoms with Crippen LogP contribution in [0.15, 0.2) is 54.6 Å². The molecule has 0 radical (unpaired) electrons. The second-order valence-corrected chi connectivity index (χ2v) is 7.42. The Balaban J connectivity index is 1.73. The molecule has 1 N–H and O–H groups in total. The number of carbonyl (C=O) groups is 1. The third kappa shape index (κ3) is 7.85. The number of unbranched alkanes of at least 4 members (excludes halogenated alkanes) is 7. The van der Waals surface area contributed by atoms with Crippen LogP contribution in [0.5, 0.6) is 5.75 Å².